The summed E-state index contributed by atoms with van der Waals surface area (Å²) in [6, 6.07) is 12.2. The molecule has 0 spiro atoms. The number of hydrogen-bond donors (Lipinski definition) is 1. The van der Waals surface area contributed by atoms with Crippen molar-refractivity contribution in [3.63, 3.8) is 0 Å². The predicted octanol–water partition coefficient (Wildman–Crippen LogP) is 3.87. The highest BCUT2D eigenvalue weighted by atomic mass is 32.2. The Bertz CT molecular complexity index is 321. The Kier molecular flexibility index (Phi) is 4.93. The average molecular weight is 249 g/mol. The van der Waals surface area contributed by atoms with Crippen molar-refractivity contribution in [2.75, 3.05) is 12.0 Å². The van der Waals surface area contributed by atoms with Crippen LogP contribution in [0.3, 0.4) is 0 Å². The van der Waals surface area contributed by atoms with Crippen LogP contribution in [0.25, 0.3) is 0 Å². The first kappa shape index (κ1) is 13.0. The molecule has 17 heavy (non-hydrogen) atoms. The highest BCUT2D eigenvalue weighted by molar-refractivity contribution is 7.98. The van der Waals surface area contributed by atoms with Crippen molar-refractivity contribution in [3.8, 4) is 0 Å². The van der Waals surface area contributed by atoms with Gasteiger partial charge in [-0.25, -0.2) is 0 Å². The molecule has 0 saturated heterocycles. The molecule has 2 atom stereocenters. The van der Waals surface area contributed by atoms with E-state index in [2.05, 4.69) is 48.8 Å². The lowest BCUT2D eigenvalue weighted by Crippen LogP contribution is -2.35. The van der Waals surface area contributed by atoms with E-state index >= 15 is 0 Å². The molecule has 1 nitrogen and oxygen atoms in total. The van der Waals surface area contributed by atoms with E-state index < -0.39 is 0 Å². The lowest BCUT2D eigenvalue weighted by atomic mass is 10.0. The van der Waals surface area contributed by atoms with Gasteiger partial charge >= 0.3 is 0 Å². The minimum absolute atomic E-state index is 0.577. The molecular formula is C15H23NS. The third-order valence-electron chi connectivity index (χ3n) is 3.53. The number of thioether (sulfide) groups is 1. The Morgan fingerprint density at radius 1 is 1.29 bits per heavy atom. The van der Waals surface area contributed by atoms with Crippen LogP contribution in [-0.4, -0.2) is 18.1 Å². The fourth-order valence-electron chi connectivity index (χ4n) is 2.33. The molecule has 1 N–H and O–H groups in total. The van der Waals surface area contributed by atoms with Gasteiger partial charge in [0.2, 0.25) is 0 Å². The molecule has 1 aliphatic rings. The van der Waals surface area contributed by atoms with Crippen LogP contribution >= 0.6 is 11.8 Å². The summed E-state index contributed by atoms with van der Waals surface area (Å²) in [7, 11) is 0. The minimum Gasteiger partial charge on any atom is -0.306 e. The summed E-state index contributed by atoms with van der Waals surface area (Å²) >= 11 is 1.94. The molecule has 0 aromatic heterocycles. The lowest BCUT2D eigenvalue weighted by Gasteiger charge is -2.25. The smallest absolute Gasteiger partial charge is 0.0351 e. The van der Waals surface area contributed by atoms with Crippen LogP contribution in [0.1, 0.15) is 37.8 Å². The van der Waals surface area contributed by atoms with E-state index in [-0.39, 0.29) is 0 Å². The van der Waals surface area contributed by atoms with E-state index in [9.17, 15) is 0 Å². The molecule has 94 valence electrons. The van der Waals surface area contributed by atoms with Crippen LogP contribution in [0.2, 0.25) is 0 Å². The molecule has 1 saturated carbocycles. The Balaban J connectivity index is 2.02. The summed E-state index contributed by atoms with van der Waals surface area (Å²) in [6.45, 7) is 2.28. The highest BCUT2D eigenvalue weighted by Gasteiger charge is 2.33. The van der Waals surface area contributed by atoms with Crippen LogP contribution in [0.4, 0.5) is 0 Å². The van der Waals surface area contributed by atoms with Gasteiger partial charge in [0, 0.05) is 17.8 Å². The lowest BCUT2D eigenvalue weighted by molar-refractivity contribution is 0.416. The minimum atomic E-state index is 0.577. The van der Waals surface area contributed by atoms with Crippen molar-refractivity contribution in [2.45, 2.75) is 38.3 Å². The first-order valence-corrected chi connectivity index (χ1v) is 8.04. The van der Waals surface area contributed by atoms with Crippen LogP contribution in [0.15, 0.2) is 30.3 Å². The number of hydrogen-bond acceptors (Lipinski definition) is 2. The molecule has 0 heterocycles. The monoisotopic (exact) mass is 249 g/mol. The van der Waals surface area contributed by atoms with Crippen LogP contribution in [-0.2, 0) is 0 Å². The molecule has 2 unspecified atom stereocenters. The maximum atomic E-state index is 3.86. The fourth-order valence-corrected chi connectivity index (χ4v) is 3.07. The van der Waals surface area contributed by atoms with Gasteiger partial charge in [-0.15, -0.1) is 0 Å². The Morgan fingerprint density at radius 2 is 2.00 bits per heavy atom. The standard InChI is InChI=1S/C15H23NS/c1-3-14(11-17-2)16-15(13-9-10-13)12-7-5-4-6-8-12/h4-8,13-16H,3,9-11H2,1-2H3. The fraction of sp³-hybridized carbons (Fsp3) is 0.600. The van der Waals surface area contributed by atoms with Crippen LogP contribution in [0, 0.1) is 5.92 Å². The van der Waals surface area contributed by atoms with Gasteiger partial charge in [0.15, 0.2) is 0 Å². The zero-order valence-electron chi connectivity index (χ0n) is 10.9. The molecule has 0 aliphatic heterocycles. The summed E-state index contributed by atoms with van der Waals surface area (Å²) in [5.74, 6) is 2.08. The number of benzene rings is 1. The number of nitrogens with one attached hydrogen (secondary N) is 1. The second-order valence-corrected chi connectivity index (χ2v) is 5.86. The first-order chi connectivity index (χ1) is 8.35. The Labute approximate surface area is 109 Å². The number of rotatable bonds is 7. The van der Waals surface area contributed by atoms with Crippen molar-refractivity contribution < 1.29 is 0 Å². The van der Waals surface area contributed by atoms with E-state index in [1.165, 1.54) is 30.6 Å². The molecule has 0 radical (unpaired) electrons. The normalized spacial score (nSPS) is 18.9. The largest absolute Gasteiger partial charge is 0.306 e. The summed E-state index contributed by atoms with van der Waals surface area (Å²) in [6.07, 6.45) is 6.19. The second kappa shape index (κ2) is 6.46. The van der Waals surface area contributed by atoms with Gasteiger partial charge in [-0.3, -0.25) is 0 Å². The van der Waals surface area contributed by atoms with Crippen molar-refractivity contribution in [2.24, 2.45) is 5.92 Å². The van der Waals surface area contributed by atoms with E-state index in [0.717, 1.165) is 5.92 Å². The Hall–Kier alpha value is -0.470. The molecular weight excluding hydrogens is 226 g/mol. The average Bonchev–Trinajstić information content (AvgIpc) is 3.20. The SMILES string of the molecule is CCC(CSC)NC(c1ccccc1)C1CC1. The van der Waals surface area contributed by atoms with Crippen molar-refractivity contribution in [3.05, 3.63) is 35.9 Å². The quantitative estimate of drug-likeness (QED) is 0.787. The Morgan fingerprint density at radius 3 is 2.53 bits per heavy atom. The zero-order valence-corrected chi connectivity index (χ0v) is 11.7. The third kappa shape index (κ3) is 3.75. The summed E-state index contributed by atoms with van der Waals surface area (Å²) < 4.78 is 0. The van der Waals surface area contributed by atoms with Crippen LogP contribution < -0.4 is 5.32 Å². The van der Waals surface area contributed by atoms with Crippen molar-refractivity contribution in [1.29, 1.82) is 0 Å². The molecule has 1 fully saturated rings. The van der Waals surface area contributed by atoms with Gasteiger partial charge in [-0.05, 0) is 37.0 Å². The van der Waals surface area contributed by atoms with E-state index in [4.69, 9.17) is 0 Å². The summed E-state index contributed by atoms with van der Waals surface area (Å²) in [5, 5.41) is 3.86. The van der Waals surface area contributed by atoms with E-state index in [1.54, 1.807) is 0 Å². The van der Waals surface area contributed by atoms with E-state index in [0.29, 0.717) is 12.1 Å². The maximum Gasteiger partial charge on any atom is 0.0351 e. The van der Waals surface area contributed by atoms with Crippen molar-refractivity contribution >= 4 is 11.8 Å². The molecule has 0 bridgehead atoms. The maximum absolute atomic E-state index is 3.86. The van der Waals surface area contributed by atoms with Gasteiger partial charge in [0.1, 0.15) is 0 Å². The third-order valence-corrected chi connectivity index (χ3v) is 4.26. The molecule has 0 amide bonds. The van der Waals surface area contributed by atoms with Gasteiger partial charge in [-0.2, -0.15) is 11.8 Å². The molecule has 1 aromatic carbocycles. The van der Waals surface area contributed by atoms with Crippen molar-refractivity contribution in [1.82, 2.24) is 5.32 Å². The van der Waals surface area contributed by atoms with E-state index in [1.807, 2.05) is 11.8 Å². The van der Waals surface area contributed by atoms with Gasteiger partial charge in [0.25, 0.3) is 0 Å². The second-order valence-electron chi connectivity index (χ2n) is 4.95. The topological polar surface area (TPSA) is 12.0 Å². The molecule has 1 aliphatic carbocycles. The summed E-state index contributed by atoms with van der Waals surface area (Å²) in [5.41, 5.74) is 1.47. The van der Waals surface area contributed by atoms with Crippen LogP contribution in [0.5, 0.6) is 0 Å². The molecule has 2 rings (SSSR count). The molecule has 2 heteroatoms. The van der Waals surface area contributed by atoms with Gasteiger partial charge < -0.3 is 5.32 Å². The predicted molar refractivity (Wildman–Crippen MR) is 77.5 cm³/mol. The van der Waals surface area contributed by atoms with Gasteiger partial charge in [0.05, 0.1) is 0 Å². The molecule has 1 aromatic rings. The van der Waals surface area contributed by atoms with Gasteiger partial charge in [-0.1, -0.05) is 37.3 Å². The zero-order chi connectivity index (χ0) is 12.1. The first-order valence-electron chi connectivity index (χ1n) is 6.65. The highest BCUT2D eigenvalue weighted by Crippen LogP contribution is 2.41. The summed E-state index contributed by atoms with van der Waals surface area (Å²) in [4.78, 5) is 0.